The van der Waals surface area contributed by atoms with Crippen LogP contribution in [0.15, 0.2) is 52.4 Å². The number of hydrogen-bond acceptors (Lipinski definition) is 5. The summed E-state index contributed by atoms with van der Waals surface area (Å²) < 4.78 is 12.6. The Hall–Kier alpha value is -1.76. The predicted molar refractivity (Wildman–Crippen MR) is 111 cm³/mol. The van der Waals surface area contributed by atoms with Gasteiger partial charge in [0.25, 0.3) is 0 Å². The number of halogens is 2. The minimum Gasteiger partial charge on any atom is -0.490 e. The third-order valence-electron chi connectivity index (χ3n) is 3.58. The average molecular weight is 454 g/mol. The monoisotopic (exact) mass is 452 g/mol. The summed E-state index contributed by atoms with van der Waals surface area (Å²) in [7, 11) is 0. The molecule has 0 aliphatic carbocycles. The van der Waals surface area contributed by atoms with Crippen LogP contribution in [0.5, 0.6) is 11.5 Å². The summed E-state index contributed by atoms with van der Waals surface area (Å²) in [6, 6.07) is 11.6. The number of hydrogen-bond donors (Lipinski definition) is 1. The summed E-state index contributed by atoms with van der Waals surface area (Å²) in [5, 5.41) is 6.81. The highest BCUT2D eigenvalue weighted by molar-refractivity contribution is 9.10. The Labute approximate surface area is 170 Å². The molecule has 0 unspecified atom stereocenters. The Kier molecular flexibility index (Phi) is 6.77. The highest BCUT2D eigenvalue weighted by Gasteiger charge is 2.13. The first-order valence-corrected chi connectivity index (χ1v) is 10.2. The van der Waals surface area contributed by atoms with Crippen molar-refractivity contribution in [1.82, 2.24) is 4.98 Å². The fourth-order valence-electron chi connectivity index (χ4n) is 2.38. The molecule has 2 aromatic carbocycles. The van der Waals surface area contributed by atoms with Crippen LogP contribution in [-0.4, -0.2) is 11.6 Å². The van der Waals surface area contributed by atoms with Gasteiger partial charge in [0.05, 0.1) is 11.1 Å². The molecule has 0 saturated carbocycles. The second kappa shape index (κ2) is 9.26. The lowest BCUT2D eigenvalue weighted by molar-refractivity contribution is 0.267. The molecule has 0 fully saturated rings. The van der Waals surface area contributed by atoms with Crippen LogP contribution in [0.2, 0.25) is 5.02 Å². The molecule has 3 rings (SSSR count). The Balaban J connectivity index is 1.76. The summed E-state index contributed by atoms with van der Waals surface area (Å²) in [6.07, 6.45) is 1.78. The normalized spacial score (nSPS) is 10.6. The molecular weight excluding hydrogens is 436 g/mol. The van der Waals surface area contributed by atoms with Gasteiger partial charge in [-0.15, -0.1) is 11.3 Å². The summed E-state index contributed by atoms with van der Waals surface area (Å²) in [5.74, 6) is 1.37. The van der Waals surface area contributed by atoms with Crippen molar-refractivity contribution in [2.24, 2.45) is 0 Å². The molecule has 26 heavy (non-hydrogen) atoms. The zero-order valence-corrected chi connectivity index (χ0v) is 17.3. The highest BCUT2D eigenvalue weighted by atomic mass is 79.9. The van der Waals surface area contributed by atoms with Crippen LogP contribution < -0.4 is 14.8 Å². The van der Waals surface area contributed by atoms with Gasteiger partial charge in [0.15, 0.2) is 16.6 Å². The van der Waals surface area contributed by atoms with E-state index in [9.17, 15) is 0 Å². The van der Waals surface area contributed by atoms with Crippen LogP contribution in [-0.2, 0) is 13.2 Å². The number of rotatable bonds is 8. The summed E-state index contributed by atoms with van der Waals surface area (Å²) in [6.45, 7) is 3.52. The quantitative estimate of drug-likeness (QED) is 0.444. The molecule has 4 nitrogen and oxygen atoms in total. The number of nitrogens with zero attached hydrogens (tertiary/aromatic N) is 1. The lowest BCUT2D eigenvalue weighted by Crippen LogP contribution is -2.04. The van der Waals surface area contributed by atoms with Crippen LogP contribution in [0.3, 0.4) is 0 Å². The maximum absolute atomic E-state index is 6.21. The van der Waals surface area contributed by atoms with Gasteiger partial charge in [-0.05, 0) is 46.6 Å². The molecule has 1 heterocycles. The third-order valence-corrected chi connectivity index (χ3v) is 5.26. The van der Waals surface area contributed by atoms with E-state index >= 15 is 0 Å². The van der Waals surface area contributed by atoms with E-state index in [1.165, 1.54) is 0 Å². The van der Waals surface area contributed by atoms with Gasteiger partial charge in [0, 0.05) is 28.7 Å². The molecule has 3 aromatic rings. The molecule has 7 heteroatoms. The van der Waals surface area contributed by atoms with E-state index in [1.54, 1.807) is 17.5 Å². The smallest absolute Gasteiger partial charge is 0.182 e. The van der Waals surface area contributed by atoms with Gasteiger partial charge in [-0.25, -0.2) is 4.98 Å². The number of aromatic nitrogens is 1. The van der Waals surface area contributed by atoms with Crippen molar-refractivity contribution < 1.29 is 9.47 Å². The first-order chi connectivity index (χ1) is 12.7. The summed E-state index contributed by atoms with van der Waals surface area (Å²) in [4.78, 5) is 4.23. The van der Waals surface area contributed by atoms with E-state index in [2.05, 4.69) is 26.2 Å². The maximum atomic E-state index is 6.21. The molecule has 0 aliphatic rings. The van der Waals surface area contributed by atoms with Crippen molar-refractivity contribution in [2.75, 3.05) is 11.9 Å². The molecule has 0 radical (unpaired) electrons. The molecule has 0 amide bonds. The molecular formula is C19H18BrClN2O2S. The number of anilines is 1. The van der Waals surface area contributed by atoms with Crippen LogP contribution in [0.1, 0.15) is 18.1 Å². The van der Waals surface area contributed by atoms with E-state index in [0.29, 0.717) is 36.3 Å². The number of ether oxygens (including phenoxy) is 2. The van der Waals surface area contributed by atoms with E-state index in [0.717, 1.165) is 20.7 Å². The highest BCUT2D eigenvalue weighted by Crippen LogP contribution is 2.38. The molecule has 0 saturated heterocycles. The number of benzene rings is 2. The van der Waals surface area contributed by atoms with Crippen molar-refractivity contribution in [3.8, 4) is 11.5 Å². The second-order valence-electron chi connectivity index (χ2n) is 5.41. The van der Waals surface area contributed by atoms with Gasteiger partial charge in [-0.2, -0.15) is 0 Å². The summed E-state index contributed by atoms with van der Waals surface area (Å²) >= 11 is 11.4. The Morgan fingerprint density at radius 1 is 1.23 bits per heavy atom. The molecule has 1 aromatic heterocycles. The van der Waals surface area contributed by atoms with Gasteiger partial charge in [-0.3, -0.25) is 0 Å². The number of nitrogens with one attached hydrogen (secondary N) is 1. The second-order valence-corrected chi connectivity index (χ2v) is 7.56. The zero-order chi connectivity index (χ0) is 18.4. The van der Waals surface area contributed by atoms with Crippen LogP contribution in [0.25, 0.3) is 0 Å². The predicted octanol–water partition coefficient (Wildman–Crippen LogP) is 6.15. The van der Waals surface area contributed by atoms with Crippen LogP contribution in [0.4, 0.5) is 5.13 Å². The summed E-state index contributed by atoms with van der Waals surface area (Å²) in [5.41, 5.74) is 2.00. The Bertz CT molecular complexity index is 859. The largest absolute Gasteiger partial charge is 0.490 e. The van der Waals surface area contributed by atoms with Gasteiger partial charge < -0.3 is 14.8 Å². The van der Waals surface area contributed by atoms with Crippen molar-refractivity contribution in [1.29, 1.82) is 0 Å². The number of thiazole rings is 1. The molecule has 136 valence electrons. The fraction of sp³-hybridized carbons (Fsp3) is 0.211. The first-order valence-electron chi connectivity index (χ1n) is 8.12. The van der Waals surface area contributed by atoms with Crippen molar-refractivity contribution in [2.45, 2.75) is 20.1 Å². The minimum atomic E-state index is 0.370. The van der Waals surface area contributed by atoms with E-state index in [1.807, 2.05) is 48.7 Å². The van der Waals surface area contributed by atoms with Crippen molar-refractivity contribution in [3.05, 3.63) is 68.6 Å². The van der Waals surface area contributed by atoms with Gasteiger partial charge in [-0.1, -0.05) is 29.8 Å². The topological polar surface area (TPSA) is 43.4 Å². The third kappa shape index (κ3) is 4.90. The Morgan fingerprint density at radius 2 is 2.08 bits per heavy atom. The molecule has 0 spiro atoms. The van der Waals surface area contributed by atoms with Crippen LogP contribution >= 0.6 is 38.9 Å². The SMILES string of the molecule is CCOc1cc(CNc2nccs2)cc(Br)c1OCc1ccccc1Cl. The van der Waals surface area contributed by atoms with E-state index < -0.39 is 0 Å². The maximum Gasteiger partial charge on any atom is 0.182 e. The average Bonchev–Trinajstić information content (AvgIpc) is 3.14. The fourth-order valence-corrected chi connectivity index (χ4v) is 3.70. The van der Waals surface area contributed by atoms with E-state index in [-0.39, 0.29) is 0 Å². The van der Waals surface area contributed by atoms with Gasteiger partial charge >= 0.3 is 0 Å². The van der Waals surface area contributed by atoms with Crippen molar-refractivity contribution >= 4 is 44.0 Å². The Morgan fingerprint density at radius 3 is 2.81 bits per heavy atom. The minimum absolute atomic E-state index is 0.370. The molecule has 0 bridgehead atoms. The molecule has 1 N–H and O–H groups in total. The lowest BCUT2D eigenvalue weighted by atomic mass is 10.2. The zero-order valence-electron chi connectivity index (χ0n) is 14.2. The molecule has 0 aliphatic heterocycles. The first kappa shape index (κ1) is 19.0. The van der Waals surface area contributed by atoms with Gasteiger partial charge in [0.2, 0.25) is 0 Å². The van der Waals surface area contributed by atoms with Crippen LogP contribution in [0, 0.1) is 0 Å². The lowest BCUT2D eigenvalue weighted by Gasteiger charge is -2.16. The standard InChI is InChI=1S/C19H18BrClN2O2S/c1-2-24-17-10-13(11-23-19-22-7-8-26-19)9-15(20)18(17)25-12-14-5-3-4-6-16(14)21/h3-10H,2,11-12H2,1H3,(H,22,23). The van der Waals surface area contributed by atoms with Crippen molar-refractivity contribution in [3.63, 3.8) is 0 Å². The van der Waals surface area contributed by atoms with Gasteiger partial charge in [0.1, 0.15) is 6.61 Å². The van der Waals surface area contributed by atoms with E-state index in [4.69, 9.17) is 21.1 Å². The molecule has 0 atom stereocenters.